The highest BCUT2D eigenvalue weighted by Gasteiger charge is 2.08. The highest BCUT2D eigenvalue weighted by atomic mass is 16.3. The van der Waals surface area contributed by atoms with E-state index in [2.05, 4.69) is 28.1 Å². The van der Waals surface area contributed by atoms with Crippen molar-refractivity contribution < 1.29 is 5.11 Å². The first-order valence-corrected chi connectivity index (χ1v) is 8.82. The van der Waals surface area contributed by atoms with Gasteiger partial charge in [-0.2, -0.15) is 5.10 Å². The summed E-state index contributed by atoms with van der Waals surface area (Å²) in [7, 11) is 0. The summed E-state index contributed by atoms with van der Waals surface area (Å²) in [4.78, 5) is 8.98. The van der Waals surface area contributed by atoms with Gasteiger partial charge in [0.1, 0.15) is 0 Å². The lowest BCUT2D eigenvalue weighted by molar-refractivity contribution is 0.145. The molecule has 0 spiro atoms. The van der Waals surface area contributed by atoms with Crippen molar-refractivity contribution in [1.82, 2.24) is 19.7 Å². The van der Waals surface area contributed by atoms with E-state index in [1.54, 1.807) is 4.68 Å². The Kier molecular flexibility index (Phi) is 5.56. The molecule has 0 fully saturated rings. The molecule has 1 N–H and O–H groups in total. The van der Waals surface area contributed by atoms with Gasteiger partial charge in [0.15, 0.2) is 5.82 Å². The Balaban J connectivity index is 1.81. The molecule has 0 radical (unpaired) electrons. The predicted octanol–water partition coefficient (Wildman–Crippen LogP) is 3.73. The van der Waals surface area contributed by atoms with Crippen LogP contribution in [0.5, 0.6) is 0 Å². The third kappa shape index (κ3) is 4.31. The lowest BCUT2D eigenvalue weighted by Gasteiger charge is -2.07. The zero-order valence-corrected chi connectivity index (χ0v) is 14.8. The van der Waals surface area contributed by atoms with Gasteiger partial charge in [-0.25, -0.2) is 9.97 Å². The van der Waals surface area contributed by atoms with Crippen LogP contribution in [0.2, 0.25) is 0 Å². The SMILES string of the molecule is CCCc1cnc(-c2cccc(-c3ccn(C[C@@H](O)CC)n3)c2)nc1. The van der Waals surface area contributed by atoms with Crippen LogP contribution in [-0.2, 0) is 13.0 Å². The highest BCUT2D eigenvalue weighted by Crippen LogP contribution is 2.23. The normalized spacial score (nSPS) is 12.3. The molecule has 0 unspecified atom stereocenters. The number of aliphatic hydroxyl groups excluding tert-OH is 1. The minimum atomic E-state index is -0.367. The van der Waals surface area contributed by atoms with E-state index in [1.807, 2.05) is 49.8 Å². The standard InChI is InChI=1S/C20H24N4O/c1-3-6-15-12-21-20(22-13-15)17-8-5-7-16(11-17)19-9-10-24(23-19)14-18(25)4-2/h5,7-13,18,25H,3-4,6,14H2,1-2H3/t18-/m0/s1. The number of benzene rings is 1. The van der Waals surface area contributed by atoms with Crippen molar-refractivity contribution in [1.29, 1.82) is 0 Å². The molecule has 0 saturated carbocycles. The zero-order valence-electron chi connectivity index (χ0n) is 14.8. The van der Waals surface area contributed by atoms with E-state index >= 15 is 0 Å². The quantitative estimate of drug-likeness (QED) is 0.714. The number of hydrogen-bond donors (Lipinski definition) is 1. The van der Waals surface area contributed by atoms with Crippen molar-refractivity contribution >= 4 is 0 Å². The molecule has 3 rings (SSSR count). The third-order valence-corrected chi connectivity index (χ3v) is 4.17. The van der Waals surface area contributed by atoms with Gasteiger partial charge in [-0.05, 0) is 30.5 Å². The molecule has 0 aliphatic carbocycles. The van der Waals surface area contributed by atoms with Crippen LogP contribution in [0, 0.1) is 0 Å². The number of nitrogens with zero attached hydrogens (tertiary/aromatic N) is 4. The average molecular weight is 336 g/mol. The molecule has 1 atom stereocenters. The molecule has 1 aromatic carbocycles. The molecule has 130 valence electrons. The van der Waals surface area contributed by atoms with Crippen LogP contribution in [0.4, 0.5) is 0 Å². The fraction of sp³-hybridized carbons (Fsp3) is 0.350. The first-order valence-electron chi connectivity index (χ1n) is 8.82. The van der Waals surface area contributed by atoms with Crippen molar-refractivity contribution in [3.05, 3.63) is 54.5 Å². The minimum Gasteiger partial charge on any atom is -0.391 e. The maximum atomic E-state index is 9.77. The first-order chi connectivity index (χ1) is 12.2. The second kappa shape index (κ2) is 8.03. The Morgan fingerprint density at radius 3 is 2.56 bits per heavy atom. The summed E-state index contributed by atoms with van der Waals surface area (Å²) in [5.41, 5.74) is 4.04. The second-order valence-electron chi connectivity index (χ2n) is 6.23. The van der Waals surface area contributed by atoms with E-state index < -0.39 is 0 Å². The number of rotatable bonds is 7. The lowest BCUT2D eigenvalue weighted by atomic mass is 10.1. The van der Waals surface area contributed by atoms with Crippen LogP contribution in [-0.4, -0.2) is 31.0 Å². The van der Waals surface area contributed by atoms with Crippen LogP contribution in [0.3, 0.4) is 0 Å². The summed E-state index contributed by atoms with van der Waals surface area (Å²) in [6.07, 6.45) is 8.15. The Morgan fingerprint density at radius 1 is 1.08 bits per heavy atom. The molecule has 2 aromatic heterocycles. The van der Waals surface area contributed by atoms with E-state index in [0.29, 0.717) is 6.54 Å². The molecule has 2 heterocycles. The van der Waals surface area contributed by atoms with Crippen molar-refractivity contribution in [2.45, 2.75) is 45.8 Å². The second-order valence-corrected chi connectivity index (χ2v) is 6.23. The van der Waals surface area contributed by atoms with Gasteiger partial charge < -0.3 is 5.11 Å². The largest absolute Gasteiger partial charge is 0.391 e. The molecule has 0 saturated heterocycles. The number of aromatic nitrogens is 4. The molecule has 3 aromatic rings. The Morgan fingerprint density at radius 2 is 1.84 bits per heavy atom. The van der Waals surface area contributed by atoms with E-state index in [0.717, 1.165) is 47.5 Å². The summed E-state index contributed by atoms with van der Waals surface area (Å²) < 4.78 is 1.78. The molecular weight excluding hydrogens is 312 g/mol. The molecule has 5 nitrogen and oxygen atoms in total. The van der Waals surface area contributed by atoms with Gasteiger partial charge in [-0.15, -0.1) is 0 Å². The monoisotopic (exact) mass is 336 g/mol. The average Bonchev–Trinajstić information content (AvgIpc) is 3.11. The fourth-order valence-corrected chi connectivity index (χ4v) is 2.70. The molecule has 0 aliphatic rings. The summed E-state index contributed by atoms with van der Waals surface area (Å²) in [6, 6.07) is 10.0. The minimum absolute atomic E-state index is 0.367. The van der Waals surface area contributed by atoms with Crippen molar-refractivity contribution in [3.63, 3.8) is 0 Å². The Hall–Kier alpha value is -2.53. The van der Waals surface area contributed by atoms with Gasteiger partial charge >= 0.3 is 0 Å². The van der Waals surface area contributed by atoms with Gasteiger partial charge in [-0.1, -0.05) is 38.5 Å². The Labute approximate surface area is 148 Å². The van der Waals surface area contributed by atoms with Gasteiger partial charge in [0, 0.05) is 29.7 Å². The highest BCUT2D eigenvalue weighted by molar-refractivity contribution is 5.67. The number of aryl methyl sites for hydroxylation is 1. The summed E-state index contributed by atoms with van der Waals surface area (Å²) >= 11 is 0. The van der Waals surface area contributed by atoms with Gasteiger partial charge in [0.25, 0.3) is 0 Å². The van der Waals surface area contributed by atoms with Crippen LogP contribution < -0.4 is 0 Å². The lowest BCUT2D eigenvalue weighted by Crippen LogP contribution is -2.14. The summed E-state index contributed by atoms with van der Waals surface area (Å²) in [5, 5.41) is 14.3. The molecule has 0 amide bonds. The van der Waals surface area contributed by atoms with Crippen LogP contribution in [0.1, 0.15) is 32.3 Å². The van der Waals surface area contributed by atoms with Gasteiger partial charge in [0.05, 0.1) is 18.3 Å². The first kappa shape index (κ1) is 17.3. The van der Waals surface area contributed by atoms with Crippen molar-refractivity contribution in [3.8, 4) is 22.6 Å². The number of aliphatic hydroxyl groups is 1. The van der Waals surface area contributed by atoms with E-state index in [4.69, 9.17) is 0 Å². The zero-order chi connectivity index (χ0) is 17.6. The fourth-order valence-electron chi connectivity index (χ4n) is 2.70. The van der Waals surface area contributed by atoms with E-state index in [-0.39, 0.29) is 6.10 Å². The summed E-state index contributed by atoms with van der Waals surface area (Å²) in [5.74, 6) is 0.725. The number of hydrogen-bond acceptors (Lipinski definition) is 4. The topological polar surface area (TPSA) is 63.8 Å². The maximum absolute atomic E-state index is 9.77. The van der Waals surface area contributed by atoms with E-state index in [9.17, 15) is 5.11 Å². The molecule has 0 bridgehead atoms. The van der Waals surface area contributed by atoms with Gasteiger partial charge in [0.2, 0.25) is 0 Å². The third-order valence-electron chi connectivity index (χ3n) is 4.17. The molecule has 25 heavy (non-hydrogen) atoms. The predicted molar refractivity (Wildman–Crippen MR) is 99.0 cm³/mol. The maximum Gasteiger partial charge on any atom is 0.159 e. The van der Waals surface area contributed by atoms with Crippen LogP contribution in [0.25, 0.3) is 22.6 Å². The van der Waals surface area contributed by atoms with Gasteiger partial charge in [-0.3, -0.25) is 4.68 Å². The molecule has 5 heteroatoms. The molecular formula is C20H24N4O. The van der Waals surface area contributed by atoms with Crippen LogP contribution in [0.15, 0.2) is 48.9 Å². The van der Waals surface area contributed by atoms with Crippen molar-refractivity contribution in [2.24, 2.45) is 0 Å². The van der Waals surface area contributed by atoms with E-state index in [1.165, 1.54) is 0 Å². The Bertz CT molecular complexity index is 811. The summed E-state index contributed by atoms with van der Waals surface area (Å²) in [6.45, 7) is 4.62. The van der Waals surface area contributed by atoms with Crippen molar-refractivity contribution in [2.75, 3.05) is 0 Å². The van der Waals surface area contributed by atoms with Crippen LogP contribution >= 0.6 is 0 Å². The molecule has 0 aliphatic heterocycles. The smallest absolute Gasteiger partial charge is 0.159 e.